The zero-order valence-electron chi connectivity index (χ0n) is 9.87. The van der Waals surface area contributed by atoms with E-state index in [2.05, 4.69) is 20.0 Å². The number of anilines is 1. The zero-order valence-corrected chi connectivity index (χ0v) is 9.87. The van der Waals surface area contributed by atoms with Gasteiger partial charge in [-0.05, 0) is 25.3 Å². The summed E-state index contributed by atoms with van der Waals surface area (Å²) < 4.78 is 0. The molecule has 1 fully saturated rings. The second-order valence-electron chi connectivity index (χ2n) is 4.33. The lowest BCUT2D eigenvalue weighted by atomic mass is 10.3. The minimum atomic E-state index is 0.239. The summed E-state index contributed by atoms with van der Waals surface area (Å²) >= 11 is 0. The van der Waals surface area contributed by atoms with E-state index in [0.29, 0.717) is 19.0 Å². The van der Waals surface area contributed by atoms with E-state index in [1.807, 2.05) is 6.92 Å². The standard InChI is InChI=1S/C11H17N5O/c1-8-6-13-11(14-7-8)16(9-2-3-9)5-4-10(12)15-17/h6-7,9,17H,2-5H2,1H3,(H2,12,15). The molecule has 0 radical (unpaired) electrons. The summed E-state index contributed by atoms with van der Waals surface area (Å²) in [4.78, 5) is 10.8. The van der Waals surface area contributed by atoms with Crippen LogP contribution < -0.4 is 10.6 Å². The van der Waals surface area contributed by atoms with Crippen LogP contribution in [0.3, 0.4) is 0 Å². The van der Waals surface area contributed by atoms with Crippen molar-refractivity contribution >= 4 is 11.8 Å². The van der Waals surface area contributed by atoms with Crippen molar-refractivity contribution in [2.75, 3.05) is 11.4 Å². The van der Waals surface area contributed by atoms with E-state index >= 15 is 0 Å². The van der Waals surface area contributed by atoms with Gasteiger partial charge in [-0.15, -0.1) is 0 Å². The molecule has 2 rings (SSSR count). The number of rotatable bonds is 5. The molecular formula is C11H17N5O. The molecule has 92 valence electrons. The Balaban J connectivity index is 2.04. The van der Waals surface area contributed by atoms with E-state index in [9.17, 15) is 0 Å². The van der Waals surface area contributed by atoms with Gasteiger partial charge < -0.3 is 15.8 Å². The minimum Gasteiger partial charge on any atom is -0.409 e. The van der Waals surface area contributed by atoms with Gasteiger partial charge in [0.2, 0.25) is 5.95 Å². The van der Waals surface area contributed by atoms with Gasteiger partial charge in [0.15, 0.2) is 0 Å². The van der Waals surface area contributed by atoms with Crippen LogP contribution in [0, 0.1) is 6.92 Å². The largest absolute Gasteiger partial charge is 0.409 e. The van der Waals surface area contributed by atoms with Crippen LogP contribution in [0.4, 0.5) is 5.95 Å². The van der Waals surface area contributed by atoms with Crippen molar-refractivity contribution in [1.29, 1.82) is 0 Å². The van der Waals surface area contributed by atoms with Crippen molar-refractivity contribution in [3.8, 4) is 0 Å². The van der Waals surface area contributed by atoms with Crippen LogP contribution in [-0.4, -0.2) is 33.6 Å². The number of oxime groups is 1. The predicted octanol–water partition coefficient (Wildman–Crippen LogP) is 0.890. The first-order chi connectivity index (χ1) is 8.20. The van der Waals surface area contributed by atoms with Crippen molar-refractivity contribution < 1.29 is 5.21 Å². The molecule has 0 aromatic carbocycles. The fourth-order valence-electron chi connectivity index (χ4n) is 1.65. The van der Waals surface area contributed by atoms with Gasteiger partial charge in [0.05, 0.1) is 0 Å². The smallest absolute Gasteiger partial charge is 0.225 e. The minimum absolute atomic E-state index is 0.239. The van der Waals surface area contributed by atoms with Gasteiger partial charge >= 0.3 is 0 Å². The lowest BCUT2D eigenvalue weighted by Gasteiger charge is -2.21. The van der Waals surface area contributed by atoms with Crippen molar-refractivity contribution in [3.63, 3.8) is 0 Å². The normalized spacial score (nSPS) is 15.9. The van der Waals surface area contributed by atoms with E-state index in [1.165, 1.54) is 0 Å². The second-order valence-corrected chi connectivity index (χ2v) is 4.33. The molecule has 1 aromatic heterocycles. The SMILES string of the molecule is Cc1cnc(N(CCC(N)=NO)C2CC2)nc1. The number of hydrogen-bond acceptors (Lipinski definition) is 5. The molecule has 17 heavy (non-hydrogen) atoms. The Bertz CT molecular complexity index is 399. The molecule has 1 aromatic rings. The summed E-state index contributed by atoms with van der Waals surface area (Å²) in [6.07, 6.45) is 6.45. The van der Waals surface area contributed by atoms with Crippen LogP contribution in [0.1, 0.15) is 24.8 Å². The first-order valence-electron chi connectivity index (χ1n) is 5.72. The fourth-order valence-corrected chi connectivity index (χ4v) is 1.65. The third-order valence-corrected chi connectivity index (χ3v) is 2.75. The van der Waals surface area contributed by atoms with E-state index in [-0.39, 0.29) is 5.84 Å². The molecule has 1 aliphatic rings. The second kappa shape index (κ2) is 4.99. The summed E-state index contributed by atoms with van der Waals surface area (Å²) in [7, 11) is 0. The highest BCUT2D eigenvalue weighted by Gasteiger charge is 2.30. The summed E-state index contributed by atoms with van der Waals surface area (Å²) in [5.41, 5.74) is 6.52. The maximum Gasteiger partial charge on any atom is 0.225 e. The number of amidine groups is 1. The van der Waals surface area contributed by atoms with Crippen LogP contribution in [0.5, 0.6) is 0 Å². The molecule has 6 heteroatoms. The summed E-state index contributed by atoms with van der Waals surface area (Å²) in [5, 5.41) is 11.5. The lowest BCUT2D eigenvalue weighted by Crippen LogP contribution is -2.31. The summed E-state index contributed by atoms with van der Waals surface area (Å²) in [6, 6.07) is 0.504. The van der Waals surface area contributed by atoms with Gasteiger partial charge in [0.25, 0.3) is 0 Å². The molecule has 0 unspecified atom stereocenters. The van der Waals surface area contributed by atoms with Gasteiger partial charge in [-0.3, -0.25) is 0 Å². The number of aryl methyl sites for hydroxylation is 1. The van der Waals surface area contributed by atoms with Crippen molar-refractivity contribution in [3.05, 3.63) is 18.0 Å². The number of aromatic nitrogens is 2. The molecule has 0 saturated heterocycles. The first-order valence-corrected chi connectivity index (χ1v) is 5.72. The monoisotopic (exact) mass is 235 g/mol. The Kier molecular flexibility index (Phi) is 3.41. The van der Waals surface area contributed by atoms with Gasteiger partial charge in [-0.25, -0.2) is 9.97 Å². The maximum atomic E-state index is 8.52. The Morgan fingerprint density at radius 1 is 1.53 bits per heavy atom. The first kappa shape index (κ1) is 11.6. The Morgan fingerprint density at radius 2 is 2.18 bits per heavy atom. The summed E-state index contributed by atoms with van der Waals surface area (Å²) in [6.45, 7) is 2.64. The van der Waals surface area contributed by atoms with Crippen LogP contribution in [0.2, 0.25) is 0 Å². The lowest BCUT2D eigenvalue weighted by molar-refractivity contribution is 0.317. The molecule has 0 amide bonds. The molecule has 0 atom stereocenters. The van der Waals surface area contributed by atoms with Crippen molar-refractivity contribution in [2.24, 2.45) is 10.9 Å². The summed E-state index contributed by atoms with van der Waals surface area (Å²) in [5.74, 6) is 0.964. The van der Waals surface area contributed by atoms with E-state index in [4.69, 9.17) is 10.9 Å². The Hall–Kier alpha value is -1.85. The third-order valence-electron chi connectivity index (χ3n) is 2.75. The van der Waals surface area contributed by atoms with E-state index < -0.39 is 0 Å². The van der Waals surface area contributed by atoms with Crippen LogP contribution in [0.15, 0.2) is 17.5 Å². The molecular weight excluding hydrogens is 218 g/mol. The molecule has 0 aliphatic heterocycles. The molecule has 6 nitrogen and oxygen atoms in total. The van der Waals surface area contributed by atoms with Crippen LogP contribution in [-0.2, 0) is 0 Å². The average Bonchev–Trinajstić information content (AvgIpc) is 3.15. The van der Waals surface area contributed by atoms with Crippen molar-refractivity contribution in [1.82, 2.24) is 9.97 Å². The Labute approximate surface area is 100 Å². The van der Waals surface area contributed by atoms with Gasteiger partial charge in [-0.2, -0.15) is 0 Å². The molecule has 1 heterocycles. The van der Waals surface area contributed by atoms with Gasteiger partial charge in [-0.1, -0.05) is 5.16 Å². The average molecular weight is 235 g/mol. The quantitative estimate of drug-likeness (QED) is 0.342. The number of hydrogen-bond donors (Lipinski definition) is 2. The molecule has 3 N–H and O–H groups in total. The van der Waals surface area contributed by atoms with Crippen molar-refractivity contribution in [2.45, 2.75) is 32.2 Å². The maximum absolute atomic E-state index is 8.52. The topological polar surface area (TPSA) is 87.6 Å². The third kappa shape index (κ3) is 3.05. The van der Waals surface area contributed by atoms with Gasteiger partial charge in [0, 0.05) is 31.4 Å². The van der Waals surface area contributed by atoms with Gasteiger partial charge in [0.1, 0.15) is 5.84 Å². The highest BCUT2D eigenvalue weighted by atomic mass is 16.4. The highest BCUT2D eigenvalue weighted by Crippen LogP contribution is 2.29. The number of nitrogens with zero attached hydrogens (tertiary/aromatic N) is 4. The Morgan fingerprint density at radius 3 is 2.71 bits per heavy atom. The number of nitrogens with two attached hydrogens (primary N) is 1. The van der Waals surface area contributed by atoms with Crippen LogP contribution in [0.25, 0.3) is 0 Å². The molecule has 0 spiro atoms. The molecule has 1 saturated carbocycles. The fraction of sp³-hybridized carbons (Fsp3) is 0.545. The molecule has 0 bridgehead atoms. The zero-order chi connectivity index (χ0) is 12.3. The van der Waals surface area contributed by atoms with E-state index in [0.717, 1.165) is 24.4 Å². The predicted molar refractivity (Wildman–Crippen MR) is 65.2 cm³/mol. The molecule has 1 aliphatic carbocycles. The highest BCUT2D eigenvalue weighted by molar-refractivity contribution is 5.80. The van der Waals surface area contributed by atoms with E-state index in [1.54, 1.807) is 12.4 Å². The van der Waals surface area contributed by atoms with Crippen LogP contribution >= 0.6 is 0 Å².